The minimum absolute atomic E-state index is 0.109. The highest BCUT2D eigenvalue weighted by Crippen LogP contribution is 2.27. The molecule has 3 heterocycles. The second-order valence-corrected chi connectivity index (χ2v) is 11.4. The molecule has 2 N–H and O–H groups in total. The van der Waals surface area contributed by atoms with Crippen LogP contribution in [-0.4, -0.2) is 92.8 Å². The molecule has 38 heavy (non-hydrogen) atoms. The van der Waals surface area contributed by atoms with E-state index in [4.69, 9.17) is 35.1 Å². The minimum atomic E-state index is -3.48. The van der Waals surface area contributed by atoms with Crippen molar-refractivity contribution in [3.8, 4) is 23.0 Å². The van der Waals surface area contributed by atoms with E-state index >= 15 is 0 Å². The molecule has 0 unspecified atom stereocenters. The fourth-order valence-electron chi connectivity index (χ4n) is 3.94. The van der Waals surface area contributed by atoms with Crippen LogP contribution in [0.1, 0.15) is 17.5 Å². The molecule has 2 atom stereocenters. The molecule has 1 aliphatic heterocycles. The summed E-state index contributed by atoms with van der Waals surface area (Å²) in [5.74, 6) is 0.109. The number of benzene rings is 1. The van der Waals surface area contributed by atoms with Crippen molar-refractivity contribution in [2.75, 3.05) is 24.7 Å². The summed E-state index contributed by atoms with van der Waals surface area (Å²) < 4.78 is 40.8. The lowest BCUT2D eigenvalue weighted by molar-refractivity contribution is 0.186. The molecule has 16 heteroatoms. The van der Waals surface area contributed by atoms with Crippen molar-refractivity contribution < 1.29 is 12.8 Å². The molecular formula is C22H21B3ClFN8O2S. The van der Waals surface area contributed by atoms with Gasteiger partial charge in [-0.25, -0.2) is 27.5 Å². The van der Waals surface area contributed by atoms with Crippen molar-refractivity contribution in [1.29, 1.82) is 5.26 Å². The predicted octanol–water partition coefficient (Wildman–Crippen LogP) is 0.845. The maximum Gasteiger partial charge on any atom is 0.223 e. The number of nitrogens with one attached hydrogen (secondary N) is 2. The van der Waals surface area contributed by atoms with Gasteiger partial charge in [0.05, 0.1) is 70.2 Å². The second kappa shape index (κ2) is 11.1. The first-order chi connectivity index (χ1) is 17.8. The topological polar surface area (TPSA) is 129 Å². The van der Waals surface area contributed by atoms with E-state index in [1.165, 1.54) is 17.1 Å². The van der Waals surface area contributed by atoms with E-state index in [1.807, 2.05) is 6.07 Å². The van der Waals surface area contributed by atoms with E-state index in [2.05, 4.69) is 25.7 Å². The van der Waals surface area contributed by atoms with Crippen LogP contribution in [0.4, 0.5) is 10.3 Å². The van der Waals surface area contributed by atoms with Gasteiger partial charge in [-0.15, -0.1) is 0 Å². The quantitative estimate of drug-likeness (QED) is 0.397. The van der Waals surface area contributed by atoms with Gasteiger partial charge < -0.3 is 10.6 Å². The SMILES string of the molecule is [B]C([B])([B])NCc1ccc(-n2cc(-c3nc(N[C@H]4CCN(S(C)(=O)=O)C[C@H]4F)ncc3C#N)cn2)c(Cl)c1. The zero-order valence-electron chi connectivity index (χ0n) is 20.3. The molecule has 190 valence electrons. The van der Waals surface area contributed by atoms with Crippen molar-refractivity contribution in [2.45, 2.75) is 30.4 Å². The van der Waals surface area contributed by atoms with Crippen LogP contribution < -0.4 is 10.6 Å². The third kappa shape index (κ3) is 6.74. The first-order valence-corrected chi connectivity index (χ1v) is 13.6. The Hall–Kier alpha value is -2.92. The highest BCUT2D eigenvalue weighted by Gasteiger charge is 2.33. The van der Waals surface area contributed by atoms with Gasteiger partial charge in [-0.2, -0.15) is 14.7 Å². The van der Waals surface area contributed by atoms with Gasteiger partial charge in [-0.05, 0) is 24.1 Å². The number of nitrogens with zero attached hydrogens (tertiary/aromatic N) is 6. The van der Waals surface area contributed by atoms with E-state index in [1.54, 1.807) is 24.4 Å². The minimum Gasteiger partial charge on any atom is -0.348 e. The number of piperidine rings is 1. The highest BCUT2D eigenvalue weighted by molar-refractivity contribution is 7.88. The largest absolute Gasteiger partial charge is 0.348 e. The summed E-state index contributed by atoms with van der Waals surface area (Å²) in [5.41, 5.74) is 2.37. The Balaban J connectivity index is 1.53. The van der Waals surface area contributed by atoms with Crippen LogP contribution in [0, 0.1) is 11.3 Å². The first kappa shape index (κ1) is 28.1. The van der Waals surface area contributed by atoms with Gasteiger partial charge in [0.25, 0.3) is 0 Å². The van der Waals surface area contributed by atoms with Gasteiger partial charge in [-0.1, -0.05) is 22.9 Å². The number of hydrogen-bond acceptors (Lipinski definition) is 8. The molecule has 0 bridgehead atoms. The fourth-order valence-corrected chi connectivity index (χ4v) is 5.08. The third-order valence-corrected chi connectivity index (χ3v) is 7.48. The predicted molar refractivity (Wildman–Crippen MR) is 144 cm³/mol. The molecule has 0 amide bonds. The summed E-state index contributed by atoms with van der Waals surface area (Å²) in [4.78, 5) is 8.56. The zero-order chi connectivity index (χ0) is 27.7. The maximum atomic E-state index is 14.7. The highest BCUT2D eigenvalue weighted by atomic mass is 35.5. The Bertz CT molecular complexity index is 1480. The van der Waals surface area contributed by atoms with Gasteiger partial charge >= 0.3 is 0 Å². The third-order valence-electron chi connectivity index (χ3n) is 5.91. The first-order valence-electron chi connectivity index (χ1n) is 11.4. The fraction of sp³-hybridized carbons (Fsp3) is 0.364. The molecule has 1 fully saturated rings. The summed E-state index contributed by atoms with van der Waals surface area (Å²) in [6.45, 7) is 0.213. The molecule has 0 spiro atoms. The van der Waals surface area contributed by atoms with Crippen LogP contribution in [-0.2, 0) is 16.6 Å². The molecule has 0 saturated carbocycles. The molecule has 10 nitrogen and oxygen atoms in total. The Morgan fingerprint density at radius 1 is 1.32 bits per heavy atom. The lowest BCUT2D eigenvalue weighted by Gasteiger charge is -2.33. The van der Waals surface area contributed by atoms with E-state index in [-0.39, 0.29) is 31.0 Å². The van der Waals surface area contributed by atoms with Gasteiger partial charge in [0.2, 0.25) is 16.0 Å². The maximum absolute atomic E-state index is 14.7. The molecule has 1 saturated heterocycles. The molecule has 3 aromatic rings. The van der Waals surface area contributed by atoms with Crippen LogP contribution >= 0.6 is 11.6 Å². The molecule has 4 rings (SSSR count). The lowest BCUT2D eigenvalue weighted by Crippen LogP contribution is -2.49. The Kier molecular flexibility index (Phi) is 8.18. The standard InChI is InChI=1S/C22H21B3ClFN8O2S/c1-38(36,37)34-5-4-18(17(27)12-34)32-21-29-9-14(7-28)20(33-21)15-10-31-35(11-15)19-3-2-13(6-16(19)26)8-30-22(23,24)25/h2-3,6,9-11,17-18,30H,4-5,8,12H2,1H3,(H,29,32,33)/t17-,18+/m1/s1. The molecule has 0 aliphatic carbocycles. The molecule has 1 aliphatic rings. The normalized spacial score (nSPS) is 18.7. The number of aromatic nitrogens is 4. The number of sulfonamides is 1. The van der Waals surface area contributed by atoms with Crippen molar-refractivity contribution in [2.24, 2.45) is 0 Å². The summed E-state index contributed by atoms with van der Waals surface area (Å²) in [6.07, 6.45) is 4.34. The lowest BCUT2D eigenvalue weighted by atomic mass is 9.49. The van der Waals surface area contributed by atoms with Crippen LogP contribution in [0.3, 0.4) is 0 Å². The number of halogens is 2. The van der Waals surface area contributed by atoms with Gasteiger partial charge in [0, 0.05) is 31.4 Å². The Morgan fingerprint density at radius 2 is 2.08 bits per heavy atom. The average Bonchev–Trinajstić information content (AvgIpc) is 3.33. The van der Waals surface area contributed by atoms with E-state index < -0.39 is 27.5 Å². The smallest absolute Gasteiger partial charge is 0.223 e. The number of nitriles is 1. The Morgan fingerprint density at radius 3 is 2.71 bits per heavy atom. The van der Waals surface area contributed by atoms with Crippen LogP contribution in [0.25, 0.3) is 16.9 Å². The average molecular weight is 548 g/mol. The number of hydrogen-bond donors (Lipinski definition) is 2. The van der Waals surface area contributed by atoms with Crippen LogP contribution in [0.15, 0.2) is 36.8 Å². The van der Waals surface area contributed by atoms with Crippen LogP contribution in [0.2, 0.25) is 5.02 Å². The zero-order valence-corrected chi connectivity index (χ0v) is 21.9. The summed E-state index contributed by atoms with van der Waals surface area (Å²) in [7, 11) is 13.1. The van der Waals surface area contributed by atoms with Gasteiger partial charge in [0.1, 0.15) is 12.2 Å². The van der Waals surface area contributed by atoms with Crippen molar-refractivity contribution in [3.63, 3.8) is 0 Å². The Labute approximate surface area is 229 Å². The number of anilines is 1. The summed E-state index contributed by atoms with van der Waals surface area (Å²) >= 11 is 6.47. The second-order valence-electron chi connectivity index (χ2n) is 8.99. The number of alkyl halides is 1. The molecule has 2 aromatic heterocycles. The van der Waals surface area contributed by atoms with Crippen LogP contribution in [0.5, 0.6) is 0 Å². The van der Waals surface area contributed by atoms with Crippen molar-refractivity contribution in [1.82, 2.24) is 29.4 Å². The van der Waals surface area contributed by atoms with Crippen molar-refractivity contribution in [3.05, 3.63) is 52.9 Å². The van der Waals surface area contributed by atoms with Gasteiger partial charge in [0.15, 0.2) is 0 Å². The summed E-state index contributed by atoms with van der Waals surface area (Å²) in [6, 6.07) is 6.63. The number of rotatable bonds is 8. The molecule has 6 radical (unpaired) electrons. The monoisotopic (exact) mass is 548 g/mol. The van der Waals surface area contributed by atoms with E-state index in [9.17, 15) is 18.1 Å². The summed E-state index contributed by atoms with van der Waals surface area (Å²) in [5, 5.41) is 18.5. The molecule has 1 aromatic carbocycles. The van der Waals surface area contributed by atoms with Crippen molar-refractivity contribution >= 4 is 51.1 Å². The van der Waals surface area contributed by atoms with E-state index in [0.717, 1.165) is 16.1 Å². The molecular weight excluding hydrogens is 527 g/mol. The van der Waals surface area contributed by atoms with E-state index in [0.29, 0.717) is 28.5 Å². The van der Waals surface area contributed by atoms with Gasteiger partial charge in [-0.3, -0.25) is 0 Å².